The number of benzene rings is 2. The predicted octanol–water partition coefficient (Wildman–Crippen LogP) is 5.76. The smallest absolute Gasteiger partial charge is 0.234 e. The van der Waals surface area contributed by atoms with Crippen molar-refractivity contribution in [3.05, 3.63) is 72.1 Å². The van der Waals surface area contributed by atoms with E-state index in [2.05, 4.69) is 34.2 Å². The quantitative estimate of drug-likeness (QED) is 0.262. The third-order valence-corrected chi connectivity index (χ3v) is 6.47. The number of aryl methyl sites for hydroxylation is 1. The number of nitrogens with zero attached hydrogens (tertiary/aromatic N) is 1. The largest absolute Gasteiger partial charge is 0.493 e. The fourth-order valence-electron chi connectivity index (χ4n) is 4.38. The van der Waals surface area contributed by atoms with Crippen molar-refractivity contribution in [2.24, 2.45) is 0 Å². The molecule has 0 aliphatic rings. The zero-order valence-corrected chi connectivity index (χ0v) is 21.4. The highest BCUT2D eigenvalue weighted by atomic mass is 16.5. The molecule has 0 aliphatic carbocycles. The van der Waals surface area contributed by atoms with E-state index in [1.54, 1.807) is 28.4 Å². The number of methoxy groups -OCH3 is 4. The summed E-state index contributed by atoms with van der Waals surface area (Å²) in [5.74, 6) is 3.26. The number of nitrogens with one attached hydrogen (secondary N) is 2. The first-order valence-corrected chi connectivity index (χ1v) is 11.9. The second-order valence-electron chi connectivity index (χ2n) is 8.41. The van der Waals surface area contributed by atoms with Gasteiger partial charge >= 0.3 is 0 Å². The number of aromatic nitrogens is 3. The molecular weight excluding hydrogens is 458 g/mol. The maximum Gasteiger partial charge on any atom is 0.234 e. The van der Waals surface area contributed by atoms with Gasteiger partial charge in [0.1, 0.15) is 0 Å². The molecule has 1 atom stereocenters. The van der Waals surface area contributed by atoms with Crippen molar-refractivity contribution in [2.75, 3.05) is 28.4 Å². The lowest BCUT2D eigenvalue weighted by atomic mass is 9.88. The summed E-state index contributed by atoms with van der Waals surface area (Å²) in [6.07, 6.45) is 4.18. The second-order valence-corrected chi connectivity index (χ2v) is 8.41. The molecule has 2 N–H and O–H groups in total. The van der Waals surface area contributed by atoms with E-state index in [-0.39, 0.29) is 0 Å². The zero-order valence-electron chi connectivity index (χ0n) is 21.4. The second kappa shape index (κ2) is 11.1. The summed E-state index contributed by atoms with van der Waals surface area (Å²) in [5.41, 5.74) is 3.28. The van der Waals surface area contributed by atoms with Crippen molar-refractivity contribution in [3.63, 3.8) is 0 Å². The van der Waals surface area contributed by atoms with Gasteiger partial charge in [0.15, 0.2) is 28.6 Å². The van der Waals surface area contributed by atoms with Gasteiger partial charge in [0.25, 0.3) is 0 Å². The molecule has 4 aromatic rings. The molecule has 8 nitrogen and oxygen atoms in total. The Balaban J connectivity index is 1.59. The normalized spacial score (nSPS) is 12.6. The van der Waals surface area contributed by atoms with E-state index in [4.69, 9.17) is 23.7 Å². The van der Waals surface area contributed by atoms with Crippen molar-refractivity contribution in [1.82, 2.24) is 15.2 Å². The van der Waals surface area contributed by atoms with Gasteiger partial charge in [0.05, 0.1) is 39.8 Å². The minimum absolute atomic E-state index is 0.517. The van der Waals surface area contributed by atoms with Gasteiger partial charge in [0, 0.05) is 17.8 Å². The molecule has 0 aliphatic heterocycles. The van der Waals surface area contributed by atoms with Crippen LogP contribution in [0.3, 0.4) is 0 Å². The van der Waals surface area contributed by atoms with E-state index in [0.29, 0.717) is 28.9 Å². The van der Waals surface area contributed by atoms with E-state index in [1.165, 1.54) is 0 Å². The van der Waals surface area contributed by atoms with Crippen molar-refractivity contribution in [2.45, 2.75) is 31.8 Å². The molecule has 0 fully saturated rings. The molecule has 0 spiro atoms. The monoisotopic (exact) mass is 491 g/mol. The van der Waals surface area contributed by atoms with Gasteiger partial charge in [-0.25, -0.2) is 0 Å². The molecule has 2 heterocycles. The highest BCUT2D eigenvalue weighted by molar-refractivity contribution is 5.64. The fourth-order valence-corrected chi connectivity index (χ4v) is 4.38. The highest BCUT2D eigenvalue weighted by Gasteiger charge is 2.34. The fraction of sp³-hybridized carbons (Fsp3) is 0.321. The van der Waals surface area contributed by atoms with Crippen LogP contribution in [0.2, 0.25) is 0 Å². The van der Waals surface area contributed by atoms with Crippen LogP contribution in [0.25, 0.3) is 11.3 Å². The summed E-state index contributed by atoms with van der Waals surface area (Å²) in [6, 6.07) is 17.7. The average Bonchev–Trinajstić information content (AvgIpc) is 3.63. The lowest BCUT2D eigenvalue weighted by molar-refractivity contribution is 0.0433. The van der Waals surface area contributed by atoms with Crippen LogP contribution in [0.5, 0.6) is 28.9 Å². The molecule has 0 saturated carbocycles. The SMILES string of the molecule is CCC(CCc1ccc(OC)c(OC)c1)(Oc1cc(-c2ccc(OC)c(OC)c2)[nH]n1)c1ccc[nH]1. The molecule has 0 saturated heterocycles. The number of aromatic amines is 2. The molecule has 8 heteroatoms. The third kappa shape index (κ3) is 5.12. The summed E-state index contributed by atoms with van der Waals surface area (Å²) in [6.45, 7) is 2.12. The van der Waals surface area contributed by atoms with Crippen LogP contribution in [-0.2, 0) is 12.0 Å². The Kier molecular flexibility index (Phi) is 7.73. The van der Waals surface area contributed by atoms with E-state index in [0.717, 1.165) is 41.8 Å². The Bertz CT molecular complexity index is 1270. The van der Waals surface area contributed by atoms with Gasteiger partial charge in [-0.1, -0.05) is 13.0 Å². The summed E-state index contributed by atoms with van der Waals surface area (Å²) < 4.78 is 28.3. The molecule has 1 unspecified atom stereocenters. The van der Waals surface area contributed by atoms with Gasteiger partial charge < -0.3 is 28.7 Å². The van der Waals surface area contributed by atoms with Crippen molar-refractivity contribution in [1.29, 1.82) is 0 Å². The molecule has 0 amide bonds. The number of ether oxygens (including phenoxy) is 5. The van der Waals surface area contributed by atoms with E-state index >= 15 is 0 Å². The standard InChI is InChI=1S/C28H33N3O5/c1-6-28(26-8-7-15-29-26,14-13-19-9-11-22(32-2)24(16-19)34-4)36-27-18-21(30-31-27)20-10-12-23(33-3)25(17-20)35-5/h7-12,15-18,29H,6,13-14H2,1-5H3,(H,30,31). The van der Waals surface area contributed by atoms with E-state index in [9.17, 15) is 0 Å². The number of hydrogen-bond acceptors (Lipinski definition) is 6. The number of rotatable bonds is 12. The van der Waals surface area contributed by atoms with Crippen LogP contribution < -0.4 is 23.7 Å². The Morgan fingerprint density at radius 2 is 1.50 bits per heavy atom. The first kappa shape index (κ1) is 25.0. The minimum Gasteiger partial charge on any atom is -0.493 e. The number of H-pyrrole nitrogens is 2. The predicted molar refractivity (Wildman–Crippen MR) is 138 cm³/mol. The Labute approximate surface area is 211 Å². The maximum absolute atomic E-state index is 6.64. The third-order valence-electron chi connectivity index (χ3n) is 6.47. The van der Waals surface area contributed by atoms with Crippen LogP contribution in [0.4, 0.5) is 0 Å². The molecule has 190 valence electrons. The Morgan fingerprint density at radius 3 is 2.14 bits per heavy atom. The van der Waals surface area contributed by atoms with Crippen LogP contribution >= 0.6 is 0 Å². The van der Waals surface area contributed by atoms with Crippen molar-refractivity contribution < 1.29 is 23.7 Å². The topological polar surface area (TPSA) is 90.6 Å². The van der Waals surface area contributed by atoms with E-state index in [1.807, 2.05) is 48.7 Å². The molecule has 2 aromatic carbocycles. The summed E-state index contributed by atoms with van der Waals surface area (Å²) in [7, 11) is 6.52. The molecule has 36 heavy (non-hydrogen) atoms. The van der Waals surface area contributed by atoms with Gasteiger partial charge in [-0.2, -0.15) is 0 Å². The van der Waals surface area contributed by atoms with Crippen LogP contribution in [0.1, 0.15) is 31.0 Å². The summed E-state index contributed by atoms with van der Waals surface area (Å²) in [5, 5.41) is 7.56. The van der Waals surface area contributed by atoms with Crippen LogP contribution in [0, 0.1) is 0 Å². The minimum atomic E-state index is -0.597. The molecule has 0 bridgehead atoms. The lowest BCUT2D eigenvalue weighted by Gasteiger charge is -2.32. The van der Waals surface area contributed by atoms with Gasteiger partial charge in [0.2, 0.25) is 5.88 Å². The summed E-state index contributed by atoms with van der Waals surface area (Å²) >= 11 is 0. The molecule has 4 rings (SSSR count). The number of hydrogen-bond donors (Lipinski definition) is 2. The molecule has 2 aromatic heterocycles. The zero-order chi connectivity index (χ0) is 25.5. The Morgan fingerprint density at radius 1 is 0.806 bits per heavy atom. The Hall–Kier alpha value is -4.07. The first-order valence-electron chi connectivity index (χ1n) is 11.9. The summed E-state index contributed by atoms with van der Waals surface area (Å²) in [4.78, 5) is 3.35. The van der Waals surface area contributed by atoms with Crippen molar-refractivity contribution >= 4 is 0 Å². The van der Waals surface area contributed by atoms with Gasteiger partial charge in [-0.3, -0.25) is 5.10 Å². The lowest BCUT2D eigenvalue weighted by Crippen LogP contribution is -2.34. The first-order chi connectivity index (χ1) is 17.5. The van der Waals surface area contributed by atoms with Crippen molar-refractivity contribution in [3.8, 4) is 40.1 Å². The average molecular weight is 492 g/mol. The maximum atomic E-state index is 6.64. The van der Waals surface area contributed by atoms with Crippen LogP contribution in [0.15, 0.2) is 60.8 Å². The highest BCUT2D eigenvalue weighted by Crippen LogP contribution is 2.38. The van der Waals surface area contributed by atoms with Crippen LogP contribution in [-0.4, -0.2) is 43.6 Å². The van der Waals surface area contributed by atoms with Gasteiger partial charge in [-0.15, -0.1) is 5.10 Å². The molecule has 0 radical (unpaired) electrons. The van der Waals surface area contributed by atoms with E-state index < -0.39 is 5.60 Å². The molecular formula is C28H33N3O5. The van der Waals surface area contributed by atoms with Gasteiger partial charge in [-0.05, 0) is 67.3 Å².